The van der Waals surface area contributed by atoms with Crippen molar-refractivity contribution in [2.45, 2.75) is 104 Å². The third-order valence-electron chi connectivity index (χ3n) is 4.58. The molecular formula is C21H38N+. The summed E-state index contributed by atoms with van der Waals surface area (Å²) in [6.07, 6.45) is 23.0. The first-order valence-corrected chi connectivity index (χ1v) is 9.78. The van der Waals surface area contributed by atoms with E-state index in [9.17, 15) is 0 Å². The average Bonchev–Trinajstić information content (AvgIpc) is 2.53. The van der Waals surface area contributed by atoms with Gasteiger partial charge in [0.15, 0.2) is 12.4 Å². The maximum Gasteiger partial charge on any atom is 0.169 e. The molecule has 0 spiro atoms. The van der Waals surface area contributed by atoms with Crippen LogP contribution in [0, 0.1) is 6.92 Å². The molecule has 0 aromatic carbocycles. The standard InChI is InChI=1S/C21H38N/c1-3-4-5-6-7-8-9-10-11-12-13-14-15-18-22-19-16-21(2)17-20-22/h16-17,19-20H,3-15,18H2,1-2H3/q+1. The molecular weight excluding hydrogens is 266 g/mol. The van der Waals surface area contributed by atoms with Crippen molar-refractivity contribution < 1.29 is 4.57 Å². The first kappa shape index (κ1) is 19.2. The predicted octanol–water partition coefficient (Wildman–Crippen LogP) is 6.37. The number of pyridine rings is 1. The molecule has 0 N–H and O–H groups in total. The summed E-state index contributed by atoms with van der Waals surface area (Å²) in [6, 6.07) is 4.39. The van der Waals surface area contributed by atoms with Crippen molar-refractivity contribution in [1.82, 2.24) is 0 Å². The molecule has 0 radical (unpaired) electrons. The van der Waals surface area contributed by atoms with E-state index in [-0.39, 0.29) is 0 Å². The zero-order chi connectivity index (χ0) is 15.9. The minimum absolute atomic E-state index is 1.18. The number of nitrogens with zero attached hydrogens (tertiary/aromatic N) is 1. The fourth-order valence-corrected chi connectivity index (χ4v) is 2.99. The lowest BCUT2D eigenvalue weighted by Gasteiger charge is -2.02. The summed E-state index contributed by atoms with van der Waals surface area (Å²) in [5.74, 6) is 0. The van der Waals surface area contributed by atoms with Gasteiger partial charge in [-0.25, -0.2) is 4.57 Å². The number of aryl methyl sites for hydroxylation is 2. The number of hydrogen-bond donors (Lipinski definition) is 0. The van der Waals surface area contributed by atoms with E-state index in [4.69, 9.17) is 0 Å². The van der Waals surface area contributed by atoms with E-state index in [1.54, 1.807) is 0 Å². The quantitative estimate of drug-likeness (QED) is 0.277. The van der Waals surface area contributed by atoms with E-state index in [0.717, 1.165) is 0 Å². The molecule has 22 heavy (non-hydrogen) atoms. The number of rotatable bonds is 14. The molecule has 0 aliphatic heterocycles. The van der Waals surface area contributed by atoms with Gasteiger partial charge in [-0.05, 0) is 18.9 Å². The molecule has 0 aliphatic rings. The van der Waals surface area contributed by atoms with Crippen molar-refractivity contribution in [3.63, 3.8) is 0 Å². The second kappa shape index (κ2) is 13.8. The topological polar surface area (TPSA) is 3.88 Å². The van der Waals surface area contributed by atoms with Crippen molar-refractivity contribution in [3.8, 4) is 0 Å². The fraction of sp³-hybridized carbons (Fsp3) is 0.762. The average molecular weight is 305 g/mol. The van der Waals surface area contributed by atoms with Crippen LogP contribution in [0.4, 0.5) is 0 Å². The first-order valence-electron chi connectivity index (χ1n) is 9.78. The molecule has 1 rings (SSSR count). The van der Waals surface area contributed by atoms with Crippen LogP contribution in [0.25, 0.3) is 0 Å². The smallest absolute Gasteiger partial charge is 0.169 e. The lowest BCUT2D eigenvalue weighted by atomic mass is 10.0. The third kappa shape index (κ3) is 10.8. The van der Waals surface area contributed by atoms with Gasteiger partial charge in [0.1, 0.15) is 6.54 Å². The number of hydrogen-bond acceptors (Lipinski definition) is 0. The van der Waals surface area contributed by atoms with Crippen LogP contribution >= 0.6 is 0 Å². The minimum Gasteiger partial charge on any atom is -0.205 e. The number of unbranched alkanes of at least 4 members (excludes halogenated alkanes) is 12. The van der Waals surface area contributed by atoms with Gasteiger partial charge in [0, 0.05) is 18.6 Å². The molecule has 1 heterocycles. The summed E-state index contributed by atoms with van der Waals surface area (Å²) in [5, 5.41) is 0. The lowest BCUT2D eigenvalue weighted by Crippen LogP contribution is -2.32. The van der Waals surface area contributed by atoms with Crippen LogP contribution in [0.1, 0.15) is 96.0 Å². The molecule has 0 atom stereocenters. The normalized spacial score (nSPS) is 11.0. The highest BCUT2D eigenvalue weighted by Gasteiger charge is 1.99. The monoisotopic (exact) mass is 304 g/mol. The van der Waals surface area contributed by atoms with Crippen molar-refractivity contribution >= 4 is 0 Å². The SMILES string of the molecule is CCCCCCCCCCCCCCC[n+]1ccc(C)cc1. The van der Waals surface area contributed by atoms with Crippen LogP contribution in [0.5, 0.6) is 0 Å². The van der Waals surface area contributed by atoms with Crippen LogP contribution in [-0.2, 0) is 6.54 Å². The molecule has 1 heteroatoms. The van der Waals surface area contributed by atoms with Gasteiger partial charge in [-0.15, -0.1) is 0 Å². The Morgan fingerprint density at radius 3 is 1.50 bits per heavy atom. The van der Waals surface area contributed by atoms with Crippen LogP contribution in [-0.4, -0.2) is 0 Å². The summed E-state index contributed by atoms with van der Waals surface area (Å²) < 4.78 is 2.31. The maximum absolute atomic E-state index is 2.31. The zero-order valence-electron chi connectivity index (χ0n) is 15.2. The van der Waals surface area contributed by atoms with Crippen molar-refractivity contribution in [3.05, 3.63) is 30.1 Å². The van der Waals surface area contributed by atoms with Gasteiger partial charge in [-0.2, -0.15) is 0 Å². The van der Waals surface area contributed by atoms with Gasteiger partial charge in [-0.3, -0.25) is 0 Å². The molecule has 0 saturated carbocycles. The van der Waals surface area contributed by atoms with E-state index in [1.165, 1.54) is 95.6 Å². The van der Waals surface area contributed by atoms with Gasteiger partial charge in [0.2, 0.25) is 0 Å². The summed E-state index contributed by atoms with van der Waals surface area (Å²) in [4.78, 5) is 0. The summed E-state index contributed by atoms with van der Waals surface area (Å²) in [6.45, 7) is 5.62. The van der Waals surface area contributed by atoms with Crippen molar-refractivity contribution in [2.24, 2.45) is 0 Å². The minimum atomic E-state index is 1.18. The zero-order valence-corrected chi connectivity index (χ0v) is 15.2. The Balaban J connectivity index is 1.79. The Labute approximate surface area is 139 Å². The van der Waals surface area contributed by atoms with Crippen LogP contribution < -0.4 is 4.57 Å². The van der Waals surface area contributed by atoms with E-state index < -0.39 is 0 Å². The molecule has 0 amide bonds. The molecule has 0 fully saturated rings. The second-order valence-electron chi connectivity index (χ2n) is 6.86. The highest BCUT2D eigenvalue weighted by atomic mass is 14.9. The van der Waals surface area contributed by atoms with Crippen LogP contribution in [0.15, 0.2) is 24.5 Å². The molecule has 0 bridgehead atoms. The van der Waals surface area contributed by atoms with Gasteiger partial charge in [-0.1, -0.05) is 77.6 Å². The maximum atomic E-state index is 2.31. The van der Waals surface area contributed by atoms with Gasteiger partial charge in [0.05, 0.1) is 0 Å². The Morgan fingerprint density at radius 2 is 1.05 bits per heavy atom. The molecule has 0 unspecified atom stereocenters. The third-order valence-corrected chi connectivity index (χ3v) is 4.58. The Morgan fingerprint density at radius 1 is 0.636 bits per heavy atom. The summed E-state index contributed by atoms with van der Waals surface area (Å²) in [7, 11) is 0. The van der Waals surface area contributed by atoms with Crippen LogP contribution in [0.2, 0.25) is 0 Å². The van der Waals surface area contributed by atoms with E-state index in [1.807, 2.05) is 0 Å². The molecule has 1 nitrogen and oxygen atoms in total. The van der Waals surface area contributed by atoms with Gasteiger partial charge in [0.25, 0.3) is 0 Å². The van der Waals surface area contributed by atoms with Crippen LogP contribution in [0.3, 0.4) is 0 Å². The highest BCUT2D eigenvalue weighted by molar-refractivity contribution is 5.03. The Bertz CT molecular complexity index is 341. The van der Waals surface area contributed by atoms with E-state index >= 15 is 0 Å². The van der Waals surface area contributed by atoms with Gasteiger partial charge < -0.3 is 0 Å². The highest BCUT2D eigenvalue weighted by Crippen LogP contribution is 2.12. The van der Waals surface area contributed by atoms with Gasteiger partial charge >= 0.3 is 0 Å². The molecule has 126 valence electrons. The van der Waals surface area contributed by atoms with Crippen molar-refractivity contribution in [1.29, 1.82) is 0 Å². The van der Waals surface area contributed by atoms with E-state index in [2.05, 4.69) is 42.9 Å². The largest absolute Gasteiger partial charge is 0.205 e. The van der Waals surface area contributed by atoms with Crippen molar-refractivity contribution in [2.75, 3.05) is 0 Å². The second-order valence-corrected chi connectivity index (χ2v) is 6.86. The molecule has 0 aliphatic carbocycles. The Hall–Kier alpha value is -0.850. The summed E-state index contributed by atoms with van der Waals surface area (Å²) >= 11 is 0. The molecule has 0 saturated heterocycles. The van der Waals surface area contributed by atoms with E-state index in [0.29, 0.717) is 0 Å². The number of aromatic nitrogens is 1. The first-order chi connectivity index (χ1) is 10.8. The molecule has 1 aromatic rings. The predicted molar refractivity (Wildman–Crippen MR) is 97.1 cm³/mol. The fourth-order valence-electron chi connectivity index (χ4n) is 2.99. The Kier molecular flexibility index (Phi) is 12.0. The molecule has 1 aromatic heterocycles. The summed E-state index contributed by atoms with van der Waals surface area (Å²) in [5.41, 5.74) is 1.35. The lowest BCUT2D eigenvalue weighted by molar-refractivity contribution is -0.697.